The van der Waals surface area contributed by atoms with Crippen LogP contribution in [0.3, 0.4) is 0 Å². The molecular formula is C24H28F6N6O5S. The second-order valence-electron chi connectivity index (χ2n) is 9.23. The Hall–Kier alpha value is -3.13. The van der Waals surface area contributed by atoms with Crippen LogP contribution in [0.5, 0.6) is 0 Å². The Morgan fingerprint density at radius 1 is 1.05 bits per heavy atom. The van der Waals surface area contributed by atoms with E-state index in [9.17, 15) is 31.6 Å². The standard InChI is InChI=1S/C20H26N6OS.2C2HF3O2/c1-23(26-20(13-27-26)25-15-28-14-19(25)11-22)18-6-8-24(9-7-18)12-17-4-2-16(10-21)3-5-17;2*3-2(4,5)1(6)7/h2-5,18-20H,6-9,12-15H2,1H3;2*(H,6,7). The molecule has 2 atom stereocenters. The van der Waals surface area contributed by atoms with Gasteiger partial charge in [-0.2, -0.15) is 36.9 Å². The number of alkyl halides is 6. The Balaban J connectivity index is 0.000000367. The van der Waals surface area contributed by atoms with Gasteiger partial charge in [-0.1, -0.05) is 12.1 Å². The number of carbonyl (C=O) groups is 2. The molecule has 0 radical (unpaired) electrons. The molecule has 3 aliphatic heterocycles. The summed E-state index contributed by atoms with van der Waals surface area (Å²) in [6, 6.07) is 12.9. The second-order valence-corrected chi connectivity index (χ2v) is 10.2. The fraction of sp³-hybridized carbons (Fsp3) is 0.583. The summed E-state index contributed by atoms with van der Waals surface area (Å²) in [5.41, 5.74) is 1.97. The summed E-state index contributed by atoms with van der Waals surface area (Å²) < 4.78 is 63.5. The molecule has 0 saturated carbocycles. The van der Waals surface area contributed by atoms with Gasteiger partial charge in [0.15, 0.2) is 0 Å². The third-order valence-electron chi connectivity index (χ3n) is 6.43. The molecule has 1 aromatic carbocycles. The lowest BCUT2D eigenvalue weighted by molar-refractivity contribution is -0.419. The Morgan fingerprint density at radius 2 is 1.57 bits per heavy atom. The minimum absolute atomic E-state index is 0.0101. The van der Waals surface area contributed by atoms with Crippen molar-refractivity contribution >= 4 is 23.7 Å². The average molecular weight is 627 g/mol. The zero-order valence-electron chi connectivity index (χ0n) is 22.2. The lowest BCUT2D eigenvalue weighted by Crippen LogP contribution is -2.67. The van der Waals surface area contributed by atoms with Crippen molar-refractivity contribution in [1.29, 1.82) is 10.5 Å². The van der Waals surface area contributed by atoms with Crippen LogP contribution in [0.25, 0.3) is 0 Å². The number of carboxylic acid groups (broad SMARTS) is 2. The number of hydrazine groups is 1. The molecule has 42 heavy (non-hydrogen) atoms. The number of thioether (sulfide) groups is 1. The first-order valence-corrected chi connectivity index (χ1v) is 13.4. The molecular weight excluding hydrogens is 598 g/mol. The number of likely N-dealkylation sites (tertiary alicyclic amines) is 1. The number of piperidine rings is 1. The topological polar surface area (TPSA) is 144 Å². The van der Waals surface area contributed by atoms with Crippen LogP contribution in [0.1, 0.15) is 24.0 Å². The highest BCUT2D eigenvalue weighted by Gasteiger charge is 2.44. The number of halogens is 6. The van der Waals surface area contributed by atoms with E-state index >= 15 is 0 Å². The Bertz CT molecular complexity index is 1110. The molecule has 0 spiro atoms. The first-order valence-electron chi connectivity index (χ1n) is 12.3. The van der Waals surface area contributed by atoms with Gasteiger partial charge < -0.3 is 10.2 Å². The minimum atomic E-state index is -5.08. The average Bonchev–Trinajstić information content (AvgIpc) is 3.36. The van der Waals surface area contributed by atoms with E-state index in [0.29, 0.717) is 18.2 Å². The van der Waals surface area contributed by atoms with E-state index in [0.717, 1.165) is 44.1 Å². The van der Waals surface area contributed by atoms with Gasteiger partial charge in [0.1, 0.15) is 18.8 Å². The van der Waals surface area contributed by atoms with E-state index in [1.54, 1.807) is 0 Å². The molecule has 0 amide bonds. The van der Waals surface area contributed by atoms with Crippen LogP contribution >= 0.6 is 11.8 Å². The minimum Gasteiger partial charge on any atom is -0.475 e. The maximum atomic E-state index is 10.6. The molecule has 2 N–H and O–H groups in total. The fourth-order valence-electron chi connectivity index (χ4n) is 4.15. The van der Waals surface area contributed by atoms with Crippen molar-refractivity contribution in [1.82, 2.24) is 20.0 Å². The largest absolute Gasteiger partial charge is 0.490 e. The number of benzene rings is 1. The monoisotopic (exact) mass is 626 g/mol. The molecule has 2 unspecified atom stereocenters. The fourth-order valence-corrected chi connectivity index (χ4v) is 5.30. The number of aliphatic carboxylic acids is 2. The molecule has 3 aliphatic rings. The molecule has 3 heterocycles. The van der Waals surface area contributed by atoms with Crippen LogP contribution < -0.4 is 0 Å². The zero-order valence-corrected chi connectivity index (χ0v) is 23.0. The molecule has 232 valence electrons. The predicted molar refractivity (Wildman–Crippen MR) is 135 cm³/mol. The van der Waals surface area contributed by atoms with E-state index in [-0.39, 0.29) is 12.2 Å². The van der Waals surface area contributed by atoms with Gasteiger partial charge in [0.25, 0.3) is 0 Å². The molecule has 3 fully saturated rings. The quantitative estimate of drug-likeness (QED) is 0.464. The molecule has 0 bridgehead atoms. The van der Waals surface area contributed by atoms with Gasteiger partial charge in [0.05, 0.1) is 17.7 Å². The van der Waals surface area contributed by atoms with Gasteiger partial charge in [-0.05, 0) is 30.5 Å². The third-order valence-corrected chi connectivity index (χ3v) is 7.46. The number of hydrogen-bond acceptors (Lipinski definition) is 10. The van der Waals surface area contributed by atoms with Crippen molar-refractivity contribution in [3.05, 3.63) is 35.4 Å². The number of nitriles is 2. The summed E-state index contributed by atoms with van der Waals surface area (Å²) in [6.07, 6.45) is -7.80. The highest BCUT2D eigenvalue weighted by Crippen LogP contribution is 2.31. The molecule has 0 aliphatic carbocycles. The van der Waals surface area contributed by atoms with Crippen molar-refractivity contribution in [2.75, 3.05) is 38.4 Å². The van der Waals surface area contributed by atoms with E-state index < -0.39 is 24.3 Å². The van der Waals surface area contributed by atoms with Crippen LogP contribution in [-0.4, -0.2) is 111 Å². The van der Waals surface area contributed by atoms with Crippen LogP contribution in [0.4, 0.5) is 26.3 Å². The van der Waals surface area contributed by atoms with Crippen LogP contribution in [0, 0.1) is 22.7 Å². The number of nitrogens with zero attached hydrogens (tertiary/aromatic N) is 6. The van der Waals surface area contributed by atoms with Gasteiger partial charge in [0, 0.05) is 44.4 Å². The maximum absolute atomic E-state index is 10.6. The van der Waals surface area contributed by atoms with E-state index in [2.05, 4.69) is 46.1 Å². The maximum Gasteiger partial charge on any atom is 0.490 e. The van der Waals surface area contributed by atoms with Crippen molar-refractivity contribution in [3.63, 3.8) is 0 Å². The number of hydroxylamine groups is 1. The normalized spacial score (nSPS) is 22.0. The summed E-state index contributed by atoms with van der Waals surface area (Å²) in [5, 5.41) is 36.8. The molecule has 3 saturated heterocycles. The highest BCUT2D eigenvalue weighted by molar-refractivity contribution is 7.99. The molecule has 1 aromatic rings. The summed E-state index contributed by atoms with van der Waals surface area (Å²) in [5.74, 6) is -3.72. The Morgan fingerprint density at radius 3 is 1.98 bits per heavy atom. The Labute approximate surface area is 241 Å². The zero-order chi connectivity index (χ0) is 31.7. The lowest BCUT2D eigenvalue weighted by Gasteiger charge is -2.51. The van der Waals surface area contributed by atoms with Gasteiger partial charge in [-0.3, -0.25) is 14.6 Å². The Kier molecular flexibility index (Phi) is 12.8. The van der Waals surface area contributed by atoms with Gasteiger partial charge in [0.2, 0.25) is 0 Å². The number of rotatable bonds is 5. The SMILES string of the molecule is CN(C1CCN(Cc2ccc(C#N)cc2)CC1)N1OCC1N1CSCC1C#N.O=C(O)C(F)(F)F.O=C(O)C(F)(F)F. The van der Waals surface area contributed by atoms with Crippen molar-refractivity contribution in [2.45, 2.75) is 50.0 Å². The third kappa shape index (κ3) is 10.3. The molecule has 11 nitrogen and oxygen atoms in total. The van der Waals surface area contributed by atoms with E-state index in [1.807, 2.05) is 29.1 Å². The summed E-state index contributed by atoms with van der Waals surface area (Å²) >= 11 is 1.82. The predicted octanol–water partition coefficient (Wildman–Crippen LogP) is 3.11. The van der Waals surface area contributed by atoms with E-state index in [1.165, 1.54) is 5.56 Å². The smallest absolute Gasteiger partial charge is 0.475 e. The van der Waals surface area contributed by atoms with Crippen molar-refractivity contribution < 1.29 is 51.0 Å². The summed E-state index contributed by atoms with van der Waals surface area (Å²) in [7, 11) is 2.11. The van der Waals surface area contributed by atoms with Crippen LogP contribution in [-0.2, 0) is 21.0 Å². The van der Waals surface area contributed by atoms with Gasteiger partial charge in [-0.15, -0.1) is 16.9 Å². The van der Waals surface area contributed by atoms with Gasteiger partial charge >= 0.3 is 24.3 Å². The van der Waals surface area contributed by atoms with Crippen molar-refractivity contribution in [2.24, 2.45) is 0 Å². The van der Waals surface area contributed by atoms with Crippen LogP contribution in [0.15, 0.2) is 24.3 Å². The van der Waals surface area contributed by atoms with Crippen molar-refractivity contribution in [3.8, 4) is 12.1 Å². The molecule has 18 heteroatoms. The molecule has 0 aromatic heterocycles. The summed E-state index contributed by atoms with van der Waals surface area (Å²) in [4.78, 5) is 28.3. The number of hydrogen-bond donors (Lipinski definition) is 2. The first-order chi connectivity index (χ1) is 19.6. The lowest BCUT2D eigenvalue weighted by atomic mass is 10.0. The first kappa shape index (κ1) is 35.1. The second kappa shape index (κ2) is 15.4. The highest BCUT2D eigenvalue weighted by atomic mass is 32.2. The van der Waals surface area contributed by atoms with Crippen LogP contribution in [0.2, 0.25) is 0 Å². The van der Waals surface area contributed by atoms with E-state index in [4.69, 9.17) is 29.9 Å². The molecule has 4 rings (SSSR count). The summed E-state index contributed by atoms with van der Waals surface area (Å²) in [6.45, 7) is 3.70. The van der Waals surface area contributed by atoms with Gasteiger partial charge in [-0.25, -0.2) is 14.6 Å². The number of carboxylic acids is 2.